The molecule has 6 rings (SSSR count). The molecule has 0 saturated heterocycles. The summed E-state index contributed by atoms with van der Waals surface area (Å²) >= 11 is 0. The number of ketones is 1. The van der Waals surface area contributed by atoms with Crippen LogP contribution in [0.2, 0.25) is 0 Å². The van der Waals surface area contributed by atoms with Gasteiger partial charge in [0.2, 0.25) is 5.91 Å². The van der Waals surface area contributed by atoms with Crippen molar-refractivity contribution in [3.63, 3.8) is 0 Å². The molecule has 0 radical (unpaired) electrons. The number of amides is 1. The molecular formula is C30H30N2O4. The van der Waals surface area contributed by atoms with E-state index in [0.717, 1.165) is 28.2 Å². The Balaban J connectivity index is 1.11. The zero-order valence-corrected chi connectivity index (χ0v) is 20.8. The minimum Gasteiger partial charge on any atom is -0.489 e. The summed E-state index contributed by atoms with van der Waals surface area (Å²) in [4.78, 5) is 28.8. The standard InChI is InChI=1S/C30H30N2O4/c1-30(2,3)18-6-4-17(5-7-18)14-19(33)15-23-27-22-16-20(8-10-24(22)36-28(23)27)35-25-12-13-31-29-21(25)9-11-26(34)32-29/h4-8,10,12-13,16,23,27-28H,9,11,14-15H2,1-3H3,(H,31,32,34)/t23-,27-,28+/m0/s1. The lowest BCUT2D eigenvalue weighted by Gasteiger charge is -2.19. The van der Waals surface area contributed by atoms with E-state index in [4.69, 9.17) is 9.47 Å². The number of ether oxygens (including phenoxy) is 2. The molecule has 3 heterocycles. The van der Waals surface area contributed by atoms with Crippen molar-refractivity contribution in [2.45, 2.75) is 63.9 Å². The molecule has 0 spiro atoms. The largest absolute Gasteiger partial charge is 0.489 e. The van der Waals surface area contributed by atoms with Crippen LogP contribution in [0.15, 0.2) is 54.7 Å². The number of nitrogens with one attached hydrogen (secondary N) is 1. The lowest BCUT2D eigenvalue weighted by atomic mass is 9.86. The lowest BCUT2D eigenvalue weighted by molar-refractivity contribution is -0.119. The first-order chi connectivity index (χ1) is 17.3. The Morgan fingerprint density at radius 3 is 2.69 bits per heavy atom. The van der Waals surface area contributed by atoms with Crippen molar-refractivity contribution in [2.24, 2.45) is 5.92 Å². The highest BCUT2D eigenvalue weighted by atomic mass is 16.5. The van der Waals surface area contributed by atoms with Crippen LogP contribution in [0.3, 0.4) is 0 Å². The second-order valence-electron chi connectivity index (χ2n) is 11.1. The van der Waals surface area contributed by atoms with Crippen molar-refractivity contribution in [1.82, 2.24) is 4.98 Å². The van der Waals surface area contributed by atoms with Gasteiger partial charge in [-0.25, -0.2) is 4.98 Å². The van der Waals surface area contributed by atoms with Crippen molar-refractivity contribution in [3.8, 4) is 17.2 Å². The maximum absolute atomic E-state index is 12.8. The third-order valence-electron chi connectivity index (χ3n) is 7.48. The Kier molecular flexibility index (Phi) is 5.36. The molecule has 2 aliphatic heterocycles. The first-order valence-corrected chi connectivity index (χ1v) is 12.6. The number of aromatic nitrogens is 1. The number of nitrogens with zero attached hydrogens (tertiary/aromatic N) is 1. The third-order valence-corrected chi connectivity index (χ3v) is 7.48. The molecule has 1 fully saturated rings. The van der Waals surface area contributed by atoms with Crippen LogP contribution in [0, 0.1) is 5.92 Å². The van der Waals surface area contributed by atoms with Gasteiger partial charge in [-0.1, -0.05) is 45.0 Å². The van der Waals surface area contributed by atoms with E-state index in [9.17, 15) is 9.59 Å². The Morgan fingerprint density at radius 2 is 1.92 bits per heavy atom. The number of pyridine rings is 1. The summed E-state index contributed by atoms with van der Waals surface area (Å²) in [6.07, 6.45) is 3.73. The summed E-state index contributed by atoms with van der Waals surface area (Å²) in [5.41, 5.74) is 4.47. The second-order valence-corrected chi connectivity index (χ2v) is 11.1. The van der Waals surface area contributed by atoms with Crippen LogP contribution >= 0.6 is 0 Å². The van der Waals surface area contributed by atoms with Crippen molar-refractivity contribution >= 4 is 17.5 Å². The number of fused-ring (bicyclic) bond motifs is 4. The van der Waals surface area contributed by atoms with E-state index in [1.807, 2.05) is 24.3 Å². The van der Waals surface area contributed by atoms with Gasteiger partial charge in [-0.3, -0.25) is 9.59 Å². The fourth-order valence-electron chi connectivity index (χ4n) is 5.42. The minimum absolute atomic E-state index is 0.0240. The summed E-state index contributed by atoms with van der Waals surface area (Å²) in [7, 11) is 0. The van der Waals surface area contributed by atoms with Gasteiger partial charge in [-0.05, 0) is 47.2 Å². The molecule has 1 aliphatic carbocycles. The monoisotopic (exact) mass is 482 g/mol. The average molecular weight is 483 g/mol. The molecule has 184 valence electrons. The van der Waals surface area contributed by atoms with E-state index in [1.165, 1.54) is 5.56 Å². The second kappa shape index (κ2) is 8.47. The van der Waals surface area contributed by atoms with Crippen LogP contribution < -0.4 is 14.8 Å². The van der Waals surface area contributed by atoms with E-state index in [2.05, 4.69) is 55.3 Å². The van der Waals surface area contributed by atoms with E-state index in [0.29, 0.717) is 37.3 Å². The minimum atomic E-state index is -0.0240. The molecule has 6 heteroatoms. The lowest BCUT2D eigenvalue weighted by Crippen LogP contribution is -2.20. The Labute approximate surface area is 211 Å². The highest BCUT2D eigenvalue weighted by molar-refractivity contribution is 5.93. The number of Topliss-reactive ketones (excluding diaryl/α,β-unsaturated/α-hetero) is 1. The van der Waals surface area contributed by atoms with Gasteiger partial charge in [0.1, 0.15) is 35.0 Å². The van der Waals surface area contributed by atoms with Gasteiger partial charge in [-0.15, -0.1) is 0 Å². The zero-order valence-electron chi connectivity index (χ0n) is 20.8. The van der Waals surface area contributed by atoms with Crippen molar-refractivity contribution in [3.05, 3.63) is 77.0 Å². The molecule has 0 unspecified atom stereocenters. The summed E-state index contributed by atoms with van der Waals surface area (Å²) in [6, 6.07) is 16.1. The first kappa shape index (κ1) is 22.8. The van der Waals surface area contributed by atoms with Crippen LogP contribution in [0.1, 0.15) is 61.8 Å². The van der Waals surface area contributed by atoms with E-state index >= 15 is 0 Å². The van der Waals surface area contributed by atoms with Gasteiger partial charge < -0.3 is 14.8 Å². The third kappa shape index (κ3) is 4.25. The highest BCUT2D eigenvalue weighted by Gasteiger charge is 2.59. The molecule has 2 aromatic carbocycles. The number of hydrogen-bond donors (Lipinski definition) is 1. The Hall–Kier alpha value is -3.67. The smallest absolute Gasteiger partial charge is 0.225 e. The van der Waals surface area contributed by atoms with Gasteiger partial charge >= 0.3 is 0 Å². The molecule has 1 saturated carbocycles. The van der Waals surface area contributed by atoms with Gasteiger partial charge in [0, 0.05) is 48.4 Å². The number of hydrogen-bond acceptors (Lipinski definition) is 5. The van der Waals surface area contributed by atoms with Gasteiger partial charge in [0.15, 0.2) is 0 Å². The van der Waals surface area contributed by atoms with Gasteiger partial charge in [0.05, 0.1) is 0 Å². The predicted molar refractivity (Wildman–Crippen MR) is 137 cm³/mol. The van der Waals surface area contributed by atoms with Crippen LogP contribution in [0.4, 0.5) is 5.82 Å². The van der Waals surface area contributed by atoms with Crippen LogP contribution in [-0.2, 0) is 27.8 Å². The van der Waals surface area contributed by atoms with E-state index < -0.39 is 0 Å². The summed E-state index contributed by atoms with van der Waals surface area (Å²) in [5.74, 6) is 3.56. The molecule has 3 aliphatic rings. The molecule has 3 atom stereocenters. The zero-order chi connectivity index (χ0) is 25.0. The van der Waals surface area contributed by atoms with Crippen molar-refractivity contribution in [1.29, 1.82) is 0 Å². The molecule has 1 aromatic heterocycles. The normalized spacial score (nSPS) is 21.5. The SMILES string of the molecule is CC(C)(C)c1ccc(CC(=O)C[C@@H]2[C@H]3Oc4ccc(Oc5ccnc6c5CCC(=O)N6)cc4[C@@H]23)cc1. The summed E-state index contributed by atoms with van der Waals surface area (Å²) < 4.78 is 12.4. The Bertz CT molecular complexity index is 1360. The van der Waals surface area contributed by atoms with Crippen molar-refractivity contribution in [2.75, 3.05) is 5.32 Å². The molecule has 0 bridgehead atoms. The van der Waals surface area contributed by atoms with E-state index in [1.54, 1.807) is 6.20 Å². The topological polar surface area (TPSA) is 77.5 Å². The molecular weight excluding hydrogens is 452 g/mol. The highest BCUT2D eigenvalue weighted by Crippen LogP contribution is 2.60. The average Bonchev–Trinajstić information content (AvgIpc) is 3.34. The maximum atomic E-state index is 12.8. The predicted octanol–water partition coefficient (Wildman–Crippen LogP) is 5.73. The summed E-state index contributed by atoms with van der Waals surface area (Å²) in [6.45, 7) is 6.58. The van der Waals surface area contributed by atoms with Crippen LogP contribution in [0.5, 0.6) is 17.2 Å². The van der Waals surface area contributed by atoms with Gasteiger partial charge in [-0.2, -0.15) is 0 Å². The first-order valence-electron chi connectivity index (χ1n) is 12.6. The molecule has 36 heavy (non-hydrogen) atoms. The fraction of sp³-hybridized carbons (Fsp3) is 0.367. The number of benzene rings is 2. The molecule has 1 N–H and O–H groups in total. The van der Waals surface area contributed by atoms with Crippen LogP contribution in [-0.4, -0.2) is 22.8 Å². The maximum Gasteiger partial charge on any atom is 0.225 e. The fourth-order valence-corrected chi connectivity index (χ4v) is 5.42. The van der Waals surface area contributed by atoms with Gasteiger partial charge in [0.25, 0.3) is 0 Å². The molecule has 3 aromatic rings. The molecule has 1 amide bonds. The van der Waals surface area contributed by atoms with Crippen LogP contribution in [0.25, 0.3) is 0 Å². The number of anilines is 1. The summed E-state index contributed by atoms with van der Waals surface area (Å²) in [5, 5.41) is 2.81. The molecule has 6 nitrogen and oxygen atoms in total. The van der Waals surface area contributed by atoms with E-state index in [-0.39, 0.29) is 35.0 Å². The number of carbonyl (C=O) groups is 2. The van der Waals surface area contributed by atoms with Crippen molar-refractivity contribution < 1.29 is 19.1 Å². The number of rotatable bonds is 6. The Morgan fingerprint density at radius 1 is 1.11 bits per heavy atom. The number of carbonyl (C=O) groups excluding carboxylic acids is 2. The quantitative estimate of drug-likeness (QED) is 0.485.